The number of nitriles is 1. The number of piperidine rings is 1. The van der Waals surface area contributed by atoms with Gasteiger partial charge in [0.05, 0.1) is 18.4 Å². The highest BCUT2D eigenvalue weighted by molar-refractivity contribution is 5.95. The molecule has 2 heterocycles. The highest BCUT2D eigenvalue weighted by Gasteiger charge is 2.22. The van der Waals surface area contributed by atoms with Gasteiger partial charge >= 0.3 is 5.97 Å². The maximum atomic E-state index is 12.2. The number of rotatable bonds is 4. The molecule has 1 aliphatic rings. The zero-order chi connectivity index (χ0) is 18.7. The molecule has 0 bridgehead atoms. The maximum Gasteiger partial charge on any atom is 0.357 e. The first-order chi connectivity index (χ1) is 12.5. The smallest absolute Gasteiger partial charge is 0.357 e. The number of hydrogen-bond acceptors (Lipinski definition) is 5. The minimum absolute atomic E-state index is 0.148. The van der Waals surface area contributed by atoms with Crippen LogP contribution in [0, 0.1) is 11.3 Å². The van der Waals surface area contributed by atoms with Crippen molar-refractivity contribution in [2.24, 2.45) is 0 Å². The number of nitrogen functional groups attached to an aromatic ring is 1. The summed E-state index contributed by atoms with van der Waals surface area (Å²) in [6.45, 7) is 4.24. The molecule has 1 saturated heterocycles. The number of esters is 1. The lowest BCUT2D eigenvalue weighted by Crippen LogP contribution is -2.36. The van der Waals surface area contributed by atoms with Crippen molar-refractivity contribution in [1.29, 1.82) is 5.26 Å². The minimum Gasteiger partial charge on any atom is -0.464 e. The third kappa shape index (κ3) is 3.44. The van der Waals surface area contributed by atoms with Crippen LogP contribution in [0.2, 0.25) is 0 Å². The fourth-order valence-electron chi connectivity index (χ4n) is 3.55. The molecular weight excluding hydrogens is 328 g/mol. The van der Waals surface area contributed by atoms with Gasteiger partial charge in [-0.3, -0.25) is 4.90 Å². The SMILES string of the molecule is COC(=O)c1c(N)c(C#N)cn1-c1cccc(CN2CCCCC2C)c1. The molecule has 6 nitrogen and oxygen atoms in total. The van der Waals surface area contributed by atoms with Crippen molar-refractivity contribution in [3.05, 3.63) is 47.3 Å². The Morgan fingerprint density at radius 3 is 2.92 bits per heavy atom. The fraction of sp³-hybridized carbons (Fsp3) is 0.400. The molecule has 6 heteroatoms. The van der Waals surface area contributed by atoms with Gasteiger partial charge in [0.2, 0.25) is 0 Å². The number of aromatic nitrogens is 1. The normalized spacial score (nSPS) is 17.7. The Morgan fingerprint density at radius 1 is 1.42 bits per heavy atom. The van der Waals surface area contributed by atoms with Gasteiger partial charge in [-0.05, 0) is 44.0 Å². The van der Waals surface area contributed by atoms with E-state index in [1.54, 1.807) is 10.8 Å². The van der Waals surface area contributed by atoms with Crippen LogP contribution in [-0.4, -0.2) is 35.1 Å². The lowest BCUT2D eigenvalue weighted by molar-refractivity contribution is 0.0593. The van der Waals surface area contributed by atoms with Crippen molar-refractivity contribution in [2.45, 2.75) is 38.8 Å². The van der Waals surface area contributed by atoms with Crippen molar-refractivity contribution in [3.8, 4) is 11.8 Å². The second kappa shape index (κ2) is 7.63. The molecule has 26 heavy (non-hydrogen) atoms. The van der Waals surface area contributed by atoms with Gasteiger partial charge in [0, 0.05) is 24.5 Å². The van der Waals surface area contributed by atoms with Crippen LogP contribution >= 0.6 is 0 Å². The minimum atomic E-state index is -0.556. The van der Waals surface area contributed by atoms with Crippen LogP contribution in [0.3, 0.4) is 0 Å². The zero-order valence-corrected chi connectivity index (χ0v) is 15.2. The van der Waals surface area contributed by atoms with Crippen molar-refractivity contribution in [2.75, 3.05) is 19.4 Å². The average molecular weight is 352 g/mol. The largest absolute Gasteiger partial charge is 0.464 e. The quantitative estimate of drug-likeness (QED) is 0.855. The Morgan fingerprint density at radius 2 is 2.23 bits per heavy atom. The van der Waals surface area contributed by atoms with Gasteiger partial charge in [0.1, 0.15) is 6.07 Å². The maximum absolute atomic E-state index is 12.2. The number of ether oxygens (including phenoxy) is 1. The van der Waals surface area contributed by atoms with Crippen LogP contribution in [0.25, 0.3) is 5.69 Å². The summed E-state index contributed by atoms with van der Waals surface area (Å²) in [7, 11) is 1.30. The molecule has 0 radical (unpaired) electrons. The molecule has 1 aliphatic heterocycles. The van der Waals surface area contributed by atoms with Crippen molar-refractivity contribution in [3.63, 3.8) is 0 Å². The molecule has 1 aromatic heterocycles. The van der Waals surface area contributed by atoms with E-state index in [0.29, 0.717) is 6.04 Å². The standard InChI is InChI=1S/C20H24N4O2/c1-14-6-3-4-9-23(14)12-15-7-5-8-17(10-15)24-13-16(11-21)18(22)19(24)20(25)26-2/h5,7-8,10,13-14H,3-4,6,9,12,22H2,1-2H3. The molecule has 136 valence electrons. The summed E-state index contributed by atoms with van der Waals surface area (Å²) >= 11 is 0. The molecule has 1 fully saturated rings. The Labute approximate surface area is 153 Å². The van der Waals surface area contributed by atoms with Crippen molar-refractivity contribution < 1.29 is 9.53 Å². The van der Waals surface area contributed by atoms with Gasteiger partial charge in [0.25, 0.3) is 0 Å². The van der Waals surface area contributed by atoms with Crippen LogP contribution < -0.4 is 5.73 Å². The first-order valence-electron chi connectivity index (χ1n) is 8.87. The summed E-state index contributed by atoms with van der Waals surface area (Å²) in [5, 5.41) is 9.26. The molecule has 0 amide bonds. The number of nitrogens with zero attached hydrogens (tertiary/aromatic N) is 3. The second-order valence-corrected chi connectivity index (χ2v) is 6.76. The van der Waals surface area contributed by atoms with E-state index in [1.807, 2.05) is 24.3 Å². The molecule has 1 aromatic carbocycles. The van der Waals surface area contributed by atoms with Crippen LogP contribution in [-0.2, 0) is 11.3 Å². The van der Waals surface area contributed by atoms with Gasteiger partial charge < -0.3 is 15.0 Å². The van der Waals surface area contributed by atoms with Crippen LogP contribution in [0.15, 0.2) is 30.5 Å². The van der Waals surface area contributed by atoms with Gasteiger partial charge in [-0.1, -0.05) is 18.6 Å². The second-order valence-electron chi connectivity index (χ2n) is 6.76. The first-order valence-corrected chi connectivity index (χ1v) is 8.87. The van der Waals surface area contributed by atoms with E-state index in [-0.39, 0.29) is 16.9 Å². The third-order valence-electron chi connectivity index (χ3n) is 5.06. The van der Waals surface area contributed by atoms with Gasteiger partial charge in [-0.15, -0.1) is 0 Å². The van der Waals surface area contributed by atoms with E-state index in [2.05, 4.69) is 17.9 Å². The number of carbonyl (C=O) groups is 1. The Kier molecular flexibility index (Phi) is 5.29. The van der Waals surface area contributed by atoms with Gasteiger partial charge in [-0.25, -0.2) is 4.79 Å². The summed E-state index contributed by atoms with van der Waals surface area (Å²) in [6, 6.07) is 10.6. The lowest BCUT2D eigenvalue weighted by atomic mass is 10.0. The van der Waals surface area contributed by atoms with E-state index >= 15 is 0 Å². The van der Waals surface area contributed by atoms with E-state index in [0.717, 1.165) is 24.3 Å². The lowest BCUT2D eigenvalue weighted by Gasteiger charge is -2.33. The summed E-state index contributed by atoms with van der Waals surface area (Å²) < 4.78 is 6.49. The van der Waals surface area contributed by atoms with E-state index in [9.17, 15) is 10.1 Å². The Hall–Kier alpha value is -2.78. The summed E-state index contributed by atoms with van der Waals surface area (Å²) in [4.78, 5) is 14.6. The summed E-state index contributed by atoms with van der Waals surface area (Å²) in [5.74, 6) is -0.556. The van der Waals surface area contributed by atoms with E-state index in [1.165, 1.54) is 26.4 Å². The Bertz CT molecular complexity index is 850. The number of nitrogens with two attached hydrogens (primary N) is 1. The number of hydrogen-bond donors (Lipinski definition) is 1. The van der Waals surface area contributed by atoms with E-state index < -0.39 is 5.97 Å². The molecule has 1 atom stereocenters. The van der Waals surface area contributed by atoms with Crippen LogP contribution in [0.1, 0.15) is 47.8 Å². The fourth-order valence-corrected chi connectivity index (χ4v) is 3.55. The highest BCUT2D eigenvalue weighted by Crippen LogP contribution is 2.26. The number of benzene rings is 1. The predicted molar refractivity (Wildman–Crippen MR) is 100.0 cm³/mol. The van der Waals surface area contributed by atoms with Gasteiger partial charge in [0.15, 0.2) is 5.69 Å². The number of carbonyl (C=O) groups excluding carboxylic acids is 1. The molecule has 0 saturated carbocycles. The monoisotopic (exact) mass is 352 g/mol. The molecular formula is C20H24N4O2. The molecule has 2 N–H and O–H groups in total. The third-order valence-corrected chi connectivity index (χ3v) is 5.06. The molecule has 2 aromatic rings. The van der Waals surface area contributed by atoms with Crippen LogP contribution in [0.5, 0.6) is 0 Å². The summed E-state index contributed by atoms with van der Waals surface area (Å²) in [5.41, 5.74) is 8.54. The number of likely N-dealkylation sites (tertiary alicyclic amines) is 1. The average Bonchev–Trinajstić information content (AvgIpc) is 3.00. The first kappa shape index (κ1) is 18.0. The molecule has 3 rings (SSSR count). The molecule has 0 aliphatic carbocycles. The van der Waals surface area contributed by atoms with Gasteiger partial charge in [-0.2, -0.15) is 5.26 Å². The van der Waals surface area contributed by atoms with E-state index in [4.69, 9.17) is 10.5 Å². The van der Waals surface area contributed by atoms with Crippen molar-refractivity contribution >= 4 is 11.7 Å². The topological polar surface area (TPSA) is 84.3 Å². The predicted octanol–water partition coefficient (Wildman–Crippen LogP) is 3.09. The van der Waals surface area contributed by atoms with Crippen LogP contribution in [0.4, 0.5) is 5.69 Å². The number of methoxy groups -OCH3 is 1. The number of anilines is 1. The zero-order valence-electron chi connectivity index (χ0n) is 15.2. The highest BCUT2D eigenvalue weighted by atomic mass is 16.5. The summed E-state index contributed by atoms with van der Waals surface area (Å²) in [6.07, 6.45) is 5.34. The Balaban J connectivity index is 1.95. The van der Waals surface area contributed by atoms with Crippen molar-refractivity contribution in [1.82, 2.24) is 9.47 Å². The molecule has 0 spiro atoms. The molecule has 1 unspecified atom stereocenters.